The van der Waals surface area contributed by atoms with Gasteiger partial charge in [-0.15, -0.1) is 0 Å². The molecule has 0 unspecified atom stereocenters. The summed E-state index contributed by atoms with van der Waals surface area (Å²) >= 11 is 0. The summed E-state index contributed by atoms with van der Waals surface area (Å²) in [6.45, 7) is 0. The van der Waals surface area contributed by atoms with Gasteiger partial charge in [0.1, 0.15) is 6.10 Å². The molecule has 1 aliphatic rings. The predicted octanol–water partition coefficient (Wildman–Crippen LogP) is 1.68. The van der Waals surface area contributed by atoms with E-state index >= 15 is 0 Å². The van der Waals surface area contributed by atoms with Gasteiger partial charge in [0.15, 0.2) is 6.33 Å². The van der Waals surface area contributed by atoms with Crippen LogP contribution in [0, 0.1) is 5.92 Å². The van der Waals surface area contributed by atoms with Gasteiger partial charge in [-0.1, -0.05) is 24.4 Å². The van der Waals surface area contributed by atoms with Crippen molar-refractivity contribution in [3.8, 4) is 0 Å². The van der Waals surface area contributed by atoms with E-state index in [9.17, 15) is 5.11 Å². The van der Waals surface area contributed by atoms with E-state index < -0.39 is 6.10 Å². The Kier molecular flexibility index (Phi) is 2.59. The monoisotopic (exact) mass is 182 g/mol. The highest BCUT2D eigenvalue weighted by atomic mass is 16.5. The van der Waals surface area contributed by atoms with Crippen molar-refractivity contribution in [2.24, 2.45) is 5.92 Å². The fourth-order valence-corrected chi connectivity index (χ4v) is 1.96. The van der Waals surface area contributed by atoms with Crippen LogP contribution in [-0.2, 0) is 0 Å². The van der Waals surface area contributed by atoms with Crippen LogP contribution in [-0.4, -0.2) is 15.2 Å². The van der Waals surface area contributed by atoms with E-state index in [0.29, 0.717) is 11.8 Å². The molecule has 1 heterocycles. The normalized spacial score (nSPS) is 21.6. The van der Waals surface area contributed by atoms with Crippen molar-refractivity contribution in [3.05, 3.63) is 12.2 Å². The van der Waals surface area contributed by atoms with Gasteiger partial charge in [-0.2, -0.15) is 4.98 Å². The number of aliphatic hydroxyl groups excluding tert-OH is 1. The van der Waals surface area contributed by atoms with Crippen LogP contribution < -0.4 is 0 Å². The van der Waals surface area contributed by atoms with E-state index in [1.165, 1.54) is 25.6 Å². The molecule has 0 radical (unpaired) electrons. The molecule has 72 valence electrons. The molecule has 0 aromatic carbocycles. The molecule has 4 heteroatoms. The lowest BCUT2D eigenvalue weighted by atomic mass is 9.85. The van der Waals surface area contributed by atoms with Crippen LogP contribution in [0.5, 0.6) is 0 Å². The summed E-state index contributed by atoms with van der Waals surface area (Å²) in [6.07, 6.45) is 6.62. The molecule has 2 rings (SSSR count). The van der Waals surface area contributed by atoms with Crippen molar-refractivity contribution in [3.63, 3.8) is 0 Å². The molecule has 1 aromatic heterocycles. The molecule has 13 heavy (non-hydrogen) atoms. The number of nitrogens with zero attached hydrogens (tertiary/aromatic N) is 2. The topological polar surface area (TPSA) is 59.2 Å². The highest BCUT2D eigenvalue weighted by molar-refractivity contribution is 4.87. The zero-order valence-electron chi connectivity index (χ0n) is 7.52. The van der Waals surface area contributed by atoms with Crippen molar-refractivity contribution in [2.45, 2.75) is 38.2 Å². The Morgan fingerprint density at radius 1 is 1.38 bits per heavy atom. The van der Waals surface area contributed by atoms with Crippen LogP contribution in [0.3, 0.4) is 0 Å². The van der Waals surface area contributed by atoms with Gasteiger partial charge in [0.2, 0.25) is 0 Å². The summed E-state index contributed by atoms with van der Waals surface area (Å²) in [5.41, 5.74) is 0. The molecular formula is C9H14N2O2. The summed E-state index contributed by atoms with van der Waals surface area (Å²) in [7, 11) is 0. The Bertz CT molecular complexity index is 242. The molecule has 1 atom stereocenters. The second-order valence-electron chi connectivity index (χ2n) is 3.62. The largest absolute Gasteiger partial charge is 0.383 e. The summed E-state index contributed by atoms with van der Waals surface area (Å²) < 4.78 is 4.84. The second kappa shape index (κ2) is 3.87. The third-order valence-corrected chi connectivity index (χ3v) is 2.73. The van der Waals surface area contributed by atoms with Crippen LogP contribution >= 0.6 is 0 Å². The van der Waals surface area contributed by atoms with E-state index in [0.717, 1.165) is 12.8 Å². The maximum Gasteiger partial charge on any atom is 0.255 e. The minimum Gasteiger partial charge on any atom is -0.383 e. The summed E-state index contributed by atoms with van der Waals surface area (Å²) in [5.74, 6) is 0.682. The lowest BCUT2D eigenvalue weighted by Crippen LogP contribution is -2.16. The number of aliphatic hydroxyl groups is 1. The first-order valence-corrected chi connectivity index (χ1v) is 4.82. The van der Waals surface area contributed by atoms with Gasteiger partial charge in [-0.25, -0.2) is 0 Å². The summed E-state index contributed by atoms with van der Waals surface area (Å²) in [5, 5.41) is 13.3. The predicted molar refractivity (Wildman–Crippen MR) is 45.8 cm³/mol. The first-order chi connectivity index (χ1) is 6.38. The average Bonchev–Trinajstić information content (AvgIpc) is 2.71. The van der Waals surface area contributed by atoms with Crippen LogP contribution in [0.1, 0.15) is 44.1 Å². The van der Waals surface area contributed by atoms with Crippen molar-refractivity contribution in [2.75, 3.05) is 0 Å². The number of hydrogen-bond acceptors (Lipinski definition) is 4. The molecule has 1 aliphatic carbocycles. The van der Waals surface area contributed by atoms with Crippen LogP contribution in [0.4, 0.5) is 0 Å². The van der Waals surface area contributed by atoms with Gasteiger partial charge in [-0.3, -0.25) is 0 Å². The average molecular weight is 182 g/mol. The van der Waals surface area contributed by atoms with Crippen molar-refractivity contribution < 1.29 is 9.63 Å². The number of aromatic nitrogens is 2. The SMILES string of the molecule is O[C@@H](c1ncno1)C1CCCCC1. The highest BCUT2D eigenvalue weighted by Crippen LogP contribution is 2.33. The zero-order valence-corrected chi connectivity index (χ0v) is 7.52. The van der Waals surface area contributed by atoms with Gasteiger partial charge in [0.25, 0.3) is 5.89 Å². The second-order valence-corrected chi connectivity index (χ2v) is 3.62. The minimum absolute atomic E-state index is 0.314. The minimum atomic E-state index is -0.553. The van der Waals surface area contributed by atoms with Gasteiger partial charge in [-0.05, 0) is 18.8 Å². The Morgan fingerprint density at radius 2 is 2.15 bits per heavy atom. The van der Waals surface area contributed by atoms with Crippen molar-refractivity contribution in [1.82, 2.24) is 10.1 Å². The molecule has 1 saturated carbocycles. The molecule has 4 nitrogen and oxygen atoms in total. The standard InChI is InChI=1S/C9H14N2O2/c12-8(9-10-6-11-13-9)7-4-2-1-3-5-7/h6-8,12H,1-5H2/t8-/m1/s1. The summed E-state index contributed by atoms with van der Waals surface area (Å²) in [6, 6.07) is 0. The first kappa shape index (κ1) is 8.69. The maximum absolute atomic E-state index is 9.84. The van der Waals surface area contributed by atoms with E-state index in [-0.39, 0.29) is 0 Å². The Labute approximate surface area is 77.0 Å². The van der Waals surface area contributed by atoms with Crippen LogP contribution in [0.25, 0.3) is 0 Å². The van der Waals surface area contributed by atoms with Gasteiger partial charge in [0.05, 0.1) is 0 Å². The number of hydrogen-bond donors (Lipinski definition) is 1. The van der Waals surface area contributed by atoms with Gasteiger partial charge in [0, 0.05) is 0 Å². The Balaban J connectivity index is 1.99. The fraction of sp³-hybridized carbons (Fsp3) is 0.778. The molecular weight excluding hydrogens is 168 g/mol. The van der Waals surface area contributed by atoms with Gasteiger partial charge >= 0.3 is 0 Å². The Morgan fingerprint density at radius 3 is 2.77 bits per heavy atom. The smallest absolute Gasteiger partial charge is 0.255 e. The van der Waals surface area contributed by atoms with Crippen LogP contribution in [0.15, 0.2) is 10.9 Å². The highest BCUT2D eigenvalue weighted by Gasteiger charge is 2.26. The molecule has 1 N–H and O–H groups in total. The van der Waals surface area contributed by atoms with E-state index in [2.05, 4.69) is 10.1 Å². The molecule has 0 aliphatic heterocycles. The lowest BCUT2D eigenvalue weighted by Gasteiger charge is -2.23. The quantitative estimate of drug-likeness (QED) is 0.756. The Hall–Kier alpha value is -0.900. The van der Waals surface area contributed by atoms with Crippen molar-refractivity contribution in [1.29, 1.82) is 0 Å². The zero-order chi connectivity index (χ0) is 9.10. The maximum atomic E-state index is 9.84. The van der Waals surface area contributed by atoms with Crippen molar-refractivity contribution >= 4 is 0 Å². The third-order valence-electron chi connectivity index (χ3n) is 2.73. The lowest BCUT2D eigenvalue weighted by molar-refractivity contribution is 0.0552. The molecule has 0 amide bonds. The molecule has 0 saturated heterocycles. The van der Waals surface area contributed by atoms with Gasteiger partial charge < -0.3 is 9.63 Å². The first-order valence-electron chi connectivity index (χ1n) is 4.82. The fourth-order valence-electron chi connectivity index (χ4n) is 1.96. The molecule has 1 aromatic rings. The summed E-state index contributed by atoms with van der Waals surface area (Å²) in [4.78, 5) is 3.86. The van der Waals surface area contributed by atoms with E-state index in [4.69, 9.17) is 4.52 Å². The van der Waals surface area contributed by atoms with E-state index in [1.54, 1.807) is 0 Å². The number of rotatable bonds is 2. The molecule has 0 spiro atoms. The van der Waals surface area contributed by atoms with Crippen LogP contribution in [0.2, 0.25) is 0 Å². The van der Waals surface area contributed by atoms with E-state index in [1.807, 2.05) is 0 Å². The molecule has 1 fully saturated rings. The molecule has 0 bridgehead atoms. The third kappa shape index (κ3) is 1.88.